The van der Waals surface area contributed by atoms with Gasteiger partial charge >= 0.3 is 13.8 Å². The van der Waals surface area contributed by atoms with Gasteiger partial charge in [-0.25, -0.2) is 4.57 Å². The maximum Gasteiger partial charge on any atom is 0.472 e. The molecule has 0 heterocycles. The van der Waals surface area contributed by atoms with Crippen molar-refractivity contribution in [2.24, 2.45) is 0 Å². The van der Waals surface area contributed by atoms with Crippen LogP contribution in [0.5, 0.6) is 0 Å². The van der Waals surface area contributed by atoms with Crippen LogP contribution in [0.25, 0.3) is 0 Å². The normalized spacial score (nSPS) is 14.2. The molecule has 0 radical (unpaired) electrons. The van der Waals surface area contributed by atoms with E-state index in [2.05, 4.69) is 74.7 Å². The first kappa shape index (κ1) is 66.7. The number of carbonyl (C=O) groups excluding carboxylic acids is 2. The van der Waals surface area contributed by atoms with Gasteiger partial charge in [0.15, 0.2) is 0 Å². The predicted molar refractivity (Wildman–Crippen MR) is 295 cm³/mol. The largest absolute Gasteiger partial charge is 0.472 e. The zero-order chi connectivity index (χ0) is 50.8. The smallest absolute Gasteiger partial charge is 0.456 e. The molecule has 0 rings (SSSR count). The number of hydrogen-bond donors (Lipinski definition) is 2. The molecule has 0 aliphatic heterocycles. The molecule has 2 N–H and O–H groups in total. The van der Waals surface area contributed by atoms with E-state index in [1.165, 1.54) is 109 Å². The molecule has 0 saturated heterocycles. The zero-order valence-corrected chi connectivity index (χ0v) is 46.7. The van der Waals surface area contributed by atoms with Gasteiger partial charge in [0.1, 0.15) is 19.3 Å². The van der Waals surface area contributed by atoms with Crippen LogP contribution in [0.1, 0.15) is 252 Å². The molecule has 0 aromatic rings. The number of allylic oxidation sites excluding steroid dienone is 9. The summed E-state index contributed by atoms with van der Waals surface area (Å²) in [6.07, 6.45) is 60.7. The monoisotopic (exact) mass is 990 g/mol. The number of unbranched alkanes of at least 4 members (excludes halogenated alkanes) is 27. The fourth-order valence-electron chi connectivity index (χ4n) is 7.93. The third-order valence-electron chi connectivity index (χ3n) is 12.4. The van der Waals surface area contributed by atoms with Gasteiger partial charge in [-0.3, -0.25) is 18.6 Å². The zero-order valence-electron chi connectivity index (χ0n) is 45.8. The van der Waals surface area contributed by atoms with E-state index in [1.54, 1.807) is 0 Å². The lowest BCUT2D eigenvalue weighted by atomic mass is 10.0. The molecule has 0 aliphatic rings. The number of hydrogen-bond acceptors (Lipinski definition) is 6. The van der Waals surface area contributed by atoms with Crippen LogP contribution in [0.15, 0.2) is 60.8 Å². The van der Waals surface area contributed by atoms with Crippen molar-refractivity contribution in [2.45, 2.75) is 264 Å². The fraction of sp³-hybridized carbons (Fsp3) is 0.797. The number of likely N-dealkylation sites (N-methyl/N-ethyl adjacent to an activating group) is 1. The minimum absolute atomic E-state index is 0.0348. The number of carbonyl (C=O) groups is 2. The van der Waals surface area contributed by atoms with Gasteiger partial charge in [0.05, 0.1) is 33.8 Å². The summed E-state index contributed by atoms with van der Waals surface area (Å²) in [5, 5.41) is 3.04. The van der Waals surface area contributed by atoms with Crippen molar-refractivity contribution in [1.29, 1.82) is 0 Å². The summed E-state index contributed by atoms with van der Waals surface area (Å²) >= 11 is 0. The summed E-state index contributed by atoms with van der Waals surface area (Å²) in [7, 11) is 1.48. The van der Waals surface area contributed by atoms with Gasteiger partial charge in [-0.15, -0.1) is 0 Å². The van der Waals surface area contributed by atoms with Gasteiger partial charge in [-0.05, 0) is 89.5 Å². The number of nitrogens with one attached hydrogen (secondary N) is 1. The first-order valence-electron chi connectivity index (χ1n) is 28.6. The highest BCUT2D eigenvalue weighted by molar-refractivity contribution is 7.47. The lowest BCUT2D eigenvalue weighted by Crippen LogP contribution is -2.47. The molecule has 3 atom stereocenters. The molecule has 0 aromatic carbocycles. The highest BCUT2D eigenvalue weighted by Gasteiger charge is 2.30. The number of ether oxygens (including phenoxy) is 1. The van der Waals surface area contributed by atoms with Crippen molar-refractivity contribution in [3.05, 3.63) is 60.8 Å². The van der Waals surface area contributed by atoms with Crippen LogP contribution in [0, 0.1) is 0 Å². The molecule has 69 heavy (non-hydrogen) atoms. The number of phosphoric acid groups is 1. The van der Waals surface area contributed by atoms with Crippen LogP contribution in [-0.2, 0) is 27.9 Å². The minimum Gasteiger partial charge on any atom is -0.456 e. The second kappa shape index (κ2) is 49.3. The van der Waals surface area contributed by atoms with Crippen LogP contribution in [0.3, 0.4) is 0 Å². The Bertz CT molecular complexity index is 1370. The molecular weight excluding hydrogens is 880 g/mol. The van der Waals surface area contributed by atoms with E-state index in [0.717, 1.165) is 109 Å². The van der Waals surface area contributed by atoms with E-state index < -0.39 is 20.0 Å². The Morgan fingerprint density at radius 3 is 1.41 bits per heavy atom. The predicted octanol–water partition coefficient (Wildman–Crippen LogP) is 17.1. The Kier molecular flexibility index (Phi) is 47.7. The van der Waals surface area contributed by atoms with Crippen LogP contribution in [-0.4, -0.2) is 74.3 Å². The van der Waals surface area contributed by atoms with Gasteiger partial charge < -0.3 is 19.4 Å². The molecule has 0 aliphatic carbocycles. The SMILES string of the molecule is CCCC/C=C\CCCCCCCC(=O)OC(/C=C/CCCCCCCCCCCCC)C(COP(=O)(O)OCC[N+](C)(C)C)NC(=O)CCCCCCCC/C=C\C/C=C\C/C=C\CCCCC. The molecule has 9 nitrogen and oxygen atoms in total. The Labute approximate surface area is 426 Å². The molecule has 0 saturated carbocycles. The lowest BCUT2D eigenvalue weighted by molar-refractivity contribution is -0.870. The molecule has 10 heteroatoms. The van der Waals surface area contributed by atoms with Crippen molar-refractivity contribution in [1.82, 2.24) is 5.32 Å². The summed E-state index contributed by atoms with van der Waals surface area (Å²) in [6, 6.07) is -0.858. The average Bonchev–Trinajstić information content (AvgIpc) is 3.31. The lowest BCUT2D eigenvalue weighted by Gasteiger charge is -2.27. The second-order valence-electron chi connectivity index (χ2n) is 20.5. The molecule has 0 spiro atoms. The number of phosphoric ester groups is 1. The topological polar surface area (TPSA) is 111 Å². The molecule has 3 unspecified atom stereocenters. The third kappa shape index (κ3) is 50.4. The van der Waals surface area contributed by atoms with Gasteiger partial charge in [-0.2, -0.15) is 0 Å². The first-order chi connectivity index (χ1) is 33.4. The van der Waals surface area contributed by atoms with Crippen molar-refractivity contribution in [2.75, 3.05) is 40.9 Å². The Morgan fingerprint density at radius 1 is 0.507 bits per heavy atom. The summed E-state index contributed by atoms with van der Waals surface area (Å²) in [6.45, 7) is 6.93. The van der Waals surface area contributed by atoms with E-state index >= 15 is 0 Å². The maximum atomic E-state index is 13.5. The quantitative estimate of drug-likeness (QED) is 0.0205. The summed E-state index contributed by atoms with van der Waals surface area (Å²) in [4.78, 5) is 37.5. The van der Waals surface area contributed by atoms with E-state index in [9.17, 15) is 19.0 Å². The molecular formula is C59H110N2O7P+. The van der Waals surface area contributed by atoms with Crippen LogP contribution >= 0.6 is 7.82 Å². The van der Waals surface area contributed by atoms with E-state index in [1.807, 2.05) is 33.3 Å². The number of amides is 1. The van der Waals surface area contributed by atoms with Gasteiger partial charge in [0.2, 0.25) is 5.91 Å². The third-order valence-corrected chi connectivity index (χ3v) is 13.4. The van der Waals surface area contributed by atoms with Crippen LogP contribution in [0.4, 0.5) is 0 Å². The first-order valence-corrected chi connectivity index (χ1v) is 30.1. The van der Waals surface area contributed by atoms with Crippen LogP contribution < -0.4 is 5.32 Å². The number of nitrogens with zero attached hydrogens (tertiary/aromatic N) is 1. The van der Waals surface area contributed by atoms with Gasteiger partial charge in [0, 0.05) is 12.8 Å². The second-order valence-corrected chi connectivity index (χ2v) is 21.9. The summed E-state index contributed by atoms with van der Waals surface area (Å²) in [5.41, 5.74) is 0. The summed E-state index contributed by atoms with van der Waals surface area (Å²) < 4.78 is 30.6. The molecule has 0 fully saturated rings. The number of rotatable bonds is 51. The number of esters is 1. The van der Waals surface area contributed by atoms with Crippen molar-refractivity contribution >= 4 is 19.7 Å². The van der Waals surface area contributed by atoms with Crippen molar-refractivity contribution in [3.63, 3.8) is 0 Å². The van der Waals surface area contributed by atoms with Gasteiger partial charge in [0.25, 0.3) is 0 Å². The van der Waals surface area contributed by atoms with Gasteiger partial charge in [-0.1, -0.05) is 210 Å². The van der Waals surface area contributed by atoms with Crippen LogP contribution in [0.2, 0.25) is 0 Å². The highest BCUT2D eigenvalue weighted by Crippen LogP contribution is 2.43. The van der Waals surface area contributed by atoms with Crippen molar-refractivity contribution in [3.8, 4) is 0 Å². The minimum atomic E-state index is -4.45. The molecule has 402 valence electrons. The Hall–Kier alpha value is -2.29. The standard InChI is InChI=1S/C59H109N2O7P/c1-7-10-13-16-19-22-25-27-28-29-30-31-32-34-37-39-42-45-48-51-58(62)60-56(55-67-69(64,65)66-54-53-61(4,5)6)57(50-47-44-41-38-36-33-26-23-20-17-14-11-8-2)68-59(63)52-49-46-43-40-35-24-21-18-15-12-9-3/h18-19,21-22,27-28,30-31,47,50,56-57H,7-17,20,23-26,29,32-46,48-49,51-55H2,1-6H3,(H-,60,62,64,65)/p+1/b21-18-,22-19-,28-27-,31-30-,50-47+. The number of quaternary nitrogens is 1. The Balaban J connectivity index is 5.35. The van der Waals surface area contributed by atoms with E-state index in [0.29, 0.717) is 17.4 Å². The molecule has 0 bridgehead atoms. The fourth-order valence-corrected chi connectivity index (χ4v) is 8.66. The highest BCUT2D eigenvalue weighted by atomic mass is 31.2. The maximum absolute atomic E-state index is 13.5. The van der Waals surface area contributed by atoms with E-state index in [-0.39, 0.29) is 31.5 Å². The molecule has 1 amide bonds. The van der Waals surface area contributed by atoms with Crippen molar-refractivity contribution < 1.29 is 37.3 Å². The summed E-state index contributed by atoms with van der Waals surface area (Å²) in [5.74, 6) is -0.530. The van der Waals surface area contributed by atoms with E-state index in [4.69, 9.17) is 13.8 Å². The Morgan fingerprint density at radius 2 is 0.899 bits per heavy atom. The average molecular weight is 991 g/mol. The molecule has 0 aromatic heterocycles.